The van der Waals surface area contributed by atoms with Crippen molar-refractivity contribution < 1.29 is 0 Å². The first-order valence-corrected chi connectivity index (χ1v) is 8.89. The molecule has 0 amide bonds. The van der Waals surface area contributed by atoms with Crippen LogP contribution in [0.5, 0.6) is 0 Å². The van der Waals surface area contributed by atoms with Crippen LogP contribution >= 0.6 is 11.8 Å². The van der Waals surface area contributed by atoms with Gasteiger partial charge in [0.1, 0.15) is 0 Å². The molecule has 2 aromatic carbocycles. The molecule has 2 unspecified atom stereocenters. The van der Waals surface area contributed by atoms with Gasteiger partial charge in [0.25, 0.3) is 0 Å². The maximum absolute atomic E-state index is 2.59. The number of hydrogen-bond acceptors (Lipinski definition) is 1. The van der Waals surface area contributed by atoms with Crippen molar-refractivity contribution in [2.24, 2.45) is 0 Å². The van der Waals surface area contributed by atoms with Gasteiger partial charge in [0.05, 0.1) is 0 Å². The van der Waals surface area contributed by atoms with Gasteiger partial charge >= 0.3 is 0 Å². The third-order valence-electron chi connectivity index (χ3n) is 5.21. The zero-order valence-corrected chi connectivity index (χ0v) is 12.8. The normalized spacial score (nSPS) is 26.4. The van der Waals surface area contributed by atoms with E-state index in [-0.39, 0.29) is 0 Å². The van der Waals surface area contributed by atoms with Crippen LogP contribution < -0.4 is 0 Å². The minimum atomic E-state index is 0.515. The first-order chi connectivity index (χ1) is 10.4. The van der Waals surface area contributed by atoms with E-state index in [0.29, 0.717) is 5.92 Å². The van der Waals surface area contributed by atoms with Gasteiger partial charge in [-0.25, -0.2) is 0 Å². The second-order valence-electron chi connectivity index (χ2n) is 6.43. The molecule has 1 aliphatic carbocycles. The molecule has 21 heavy (non-hydrogen) atoms. The summed E-state index contributed by atoms with van der Waals surface area (Å²) in [4.78, 5) is 0. The third kappa shape index (κ3) is 1.77. The van der Waals surface area contributed by atoms with Crippen molar-refractivity contribution in [2.45, 2.75) is 35.7 Å². The predicted molar refractivity (Wildman–Crippen MR) is 90.8 cm³/mol. The monoisotopic (exact) mass is 290 g/mol. The lowest BCUT2D eigenvalue weighted by atomic mass is 9.86. The van der Waals surface area contributed by atoms with Crippen LogP contribution in [0, 0.1) is 0 Å². The van der Waals surface area contributed by atoms with Crippen LogP contribution in [0.25, 0.3) is 11.1 Å². The van der Waals surface area contributed by atoms with Gasteiger partial charge in [-0.2, -0.15) is 11.8 Å². The van der Waals surface area contributed by atoms with E-state index < -0.39 is 0 Å². The molecular weight excluding hydrogens is 272 g/mol. The van der Waals surface area contributed by atoms with E-state index in [2.05, 4.69) is 66.4 Å². The van der Waals surface area contributed by atoms with Crippen LogP contribution in [0.2, 0.25) is 0 Å². The zero-order valence-electron chi connectivity index (χ0n) is 12.0. The molecule has 2 aromatic rings. The summed E-state index contributed by atoms with van der Waals surface area (Å²) in [5, 5.41) is 1.65. The first-order valence-electron chi connectivity index (χ1n) is 7.94. The van der Waals surface area contributed by atoms with E-state index in [1.807, 2.05) is 0 Å². The summed E-state index contributed by atoms with van der Waals surface area (Å²) in [7, 11) is 0. The predicted octanol–water partition coefficient (Wildman–Crippen LogP) is 5.39. The number of hydrogen-bond donors (Lipinski definition) is 0. The fraction of sp³-hybridized carbons (Fsp3) is 0.300. The van der Waals surface area contributed by atoms with Crippen molar-refractivity contribution in [2.75, 3.05) is 0 Å². The van der Waals surface area contributed by atoms with Crippen LogP contribution in [0.15, 0.2) is 60.2 Å². The minimum Gasteiger partial charge on any atom is -0.151 e. The quantitative estimate of drug-likeness (QED) is 0.634. The molecule has 1 heteroatoms. The molecule has 2 heterocycles. The fourth-order valence-electron chi connectivity index (χ4n) is 4.35. The molecule has 104 valence electrons. The molecule has 0 N–H and O–H groups in total. The Hall–Kier alpha value is -1.47. The molecule has 0 aromatic heterocycles. The highest BCUT2D eigenvalue weighted by Gasteiger charge is 2.36. The molecule has 0 spiro atoms. The van der Waals surface area contributed by atoms with Crippen molar-refractivity contribution in [1.29, 1.82) is 0 Å². The van der Waals surface area contributed by atoms with Crippen molar-refractivity contribution in [3.8, 4) is 11.1 Å². The number of rotatable bonds is 1. The minimum absolute atomic E-state index is 0.515. The highest BCUT2D eigenvalue weighted by Crippen LogP contribution is 2.53. The van der Waals surface area contributed by atoms with E-state index in [9.17, 15) is 0 Å². The summed E-state index contributed by atoms with van der Waals surface area (Å²) < 4.78 is 0. The maximum atomic E-state index is 2.59. The lowest BCUT2D eigenvalue weighted by molar-refractivity contribution is 0.756. The fourth-order valence-corrected chi connectivity index (χ4v) is 5.93. The summed E-state index contributed by atoms with van der Waals surface area (Å²) in [6.45, 7) is 0. The van der Waals surface area contributed by atoms with Gasteiger partial charge in [-0.3, -0.25) is 0 Å². The molecule has 5 rings (SSSR count). The van der Waals surface area contributed by atoms with Gasteiger partial charge in [-0.05, 0) is 41.5 Å². The first kappa shape index (κ1) is 12.1. The SMILES string of the molecule is C1=C(C2c3ccccc3-c3ccccc32)CC2CCC1S2. The summed E-state index contributed by atoms with van der Waals surface area (Å²) >= 11 is 2.20. The zero-order chi connectivity index (χ0) is 13.8. The van der Waals surface area contributed by atoms with Crippen LogP contribution in [0.1, 0.15) is 36.3 Å². The molecule has 3 aliphatic rings. The lowest BCUT2D eigenvalue weighted by Crippen LogP contribution is -2.12. The topological polar surface area (TPSA) is 0 Å². The summed E-state index contributed by atoms with van der Waals surface area (Å²) in [5.74, 6) is 0.515. The Balaban J connectivity index is 1.70. The molecule has 0 saturated carbocycles. The number of thioether (sulfide) groups is 1. The van der Waals surface area contributed by atoms with Gasteiger partial charge in [-0.1, -0.05) is 60.2 Å². The standard InChI is InChI=1S/C20H18S/c1-3-7-18-16(5-1)17-6-2-4-8-19(17)20(18)13-11-14-9-10-15(12-13)21-14/h1-8,11,14-15,20H,9-10,12H2. The molecule has 0 nitrogen and oxygen atoms in total. The summed E-state index contributed by atoms with van der Waals surface area (Å²) in [6, 6.07) is 18.0. The number of allylic oxidation sites excluding steroid dienone is 1. The number of benzene rings is 2. The van der Waals surface area contributed by atoms with Gasteiger partial charge in [0, 0.05) is 16.4 Å². The van der Waals surface area contributed by atoms with Crippen LogP contribution in [0.4, 0.5) is 0 Å². The van der Waals surface area contributed by atoms with E-state index in [0.717, 1.165) is 10.5 Å². The Labute approximate surface area is 130 Å². The Bertz CT molecular complexity index is 698. The van der Waals surface area contributed by atoms with Gasteiger partial charge in [0.2, 0.25) is 0 Å². The van der Waals surface area contributed by atoms with Crippen molar-refractivity contribution >= 4 is 11.8 Å². The highest BCUT2D eigenvalue weighted by atomic mass is 32.2. The Morgan fingerprint density at radius 3 is 2.14 bits per heavy atom. The molecule has 1 fully saturated rings. The molecule has 2 atom stereocenters. The second-order valence-corrected chi connectivity index (χ2v) is 7.97. The van der Waals surface area contributed by atoms with Crippen LogP contribution in [-0.2, 0) is 0 Å². The lowest BCUT2D eigenvalue weighted by Gasteiger charge is -2.25. The van der Waals surface area contributed by atoms with Crippen LogP contribution in [-0.4, -0.2) is 10.5 Å². The number of fused-ring (bicyclic) bond motifs is 5. The molecule has 0 radical (unpaired) electrons. The van der Waals surface area contributed by atoms with Crippen molar-refractivity contribution in [1.82, 2.24) is 0 Å². The van der Waals surface area contributed by atoms with Crippen molar-refractivity contribution in [3.63, 3.8) is 0 Å². The van der Waals surface area contributed by atoms with Gasteiger partial charge in [0.15, 0.2) is 0 Å². The van der Waals surface area contributed by atoms with E-state index in [1.165, 1.54) is 41.5 Å². The largest absolute Gasteiger partial charge is 0.151 e. The van der Waals surface area contributed by atoms with E-state index >= 15 is 0 Å². The van der Waals surface area contributed by atoms with E-state index in [1.54, 1.807) is 5.57 Å². The second kappa shape index (κ2) is 4.51. The summed E-state index contributed by atoms with van der Waals surface area (Å²) in [6.07, 6.45) is 6.67. The van der Waals surface area contributed by atoms with Crippen molar-refractivity contribution in [3.05, 3.63) is 71.3 Å². The van der Waals surface area contributed by atoms with Gasteiger partial charge < -0.3 is 0 Å². The summed E-state index contributed by atoms with van der Waals surface area (Å²) in [5.41, 5.74) is 7.63. The highest BCUT2D eigenvalue weighted by molar-refractivity contribution is 8.01. The average Bonchev–Trinajstić information content (AvgIpc) is 3.04. The van der Waals surface area contributed by atoms with E-state index in [4.69, 9.17) is 0 Å². The molecular formula is C20H18S. The average molecular weight is 290 g/mol. The third-order valence-corrected chi connectivity index (χ3v) is 6.72. The molecule has 1 saturated heterocycles. The maximum Gasteiger partial charge on any atom is 0.0312 e. The Morgan fingerprint density at radius 2 is 1.48 bits per heavy atom. The van der Waals surface area contributed by atoms with Crippen LogP contribution in [0.3, 0.4) is 0 Å². The Morgan fingerprint density at radius 1 is 0.810 bits per heavy atom. The molecule has 2 aliphatic heterocycles. The molecule has 2 bridgehead atoms. The smallest absolute Gasteiger partial charge is 0.0312 e. The van der Waals surface area contributed by atoms with Gasteiger partial charge in [-0.15, -0.1) is 0 Å². The Kier molecular flexibility index (Phi) is 2.60.